The van der Waals surface area contributed by atoms with E-state index in [2.05, 4.69) is 30.2 Å². The Morgan fingerprint density at radius 3 is 2.65 bits per heavy atom. The van der Waals surface area contributed by atoms with E-state index in [0.29, 0.717) is 42.7 Å². The Morgan fingerprint density at radius 1 is 1.14 bits per heavy atom. The molecule has 0 saturated carbocycles. The minimum atomic E-state index is -4.45. The van der Waals surface area contributed by atoms with Gasteiger partial charge in [0.15, 0.2) is 11.5 Å². The largest absolute Gasteiger partial charge is 0.395 e. The summed E-state index contributed by atoms with van der Waals surface area (Å²) >= 11 is 6.34. The molecule has 196 valence electrons. The van der Waals surface area contributed by atoms with Crippen LogP contribution >= 0.6 is 11.6 Å². The Kier molecular flexibility index (Phi) is 7.87. The summed E-state index contributed by atoms with van der Waals surface area (Å²) in [5.74, 6) is -1.15. The summed E-state index contributed by atoms with van der Waals surface area (Å²) in [7, 11) is -2.55. The first kappa shape index (κ1) is 26.7. The number of fused-ring (bicyclic) bond motifs is 1. The van der Waals surface area contributed by atoms with Crippen LogP contribution in [0.1, 0.15) is 5.69 Å². The second-order valence-corrected chi connectivity index (χ2v) is 10.3. The van der Waals surface area contributed by atoms with Crippen molar-refractivity contribution in [1.82, 2.24) is 25.1 Å². The number of aliphatic hydroxyl groups excluding tert-OH is 1. The lowest BCUT2D eigenvalue weighted by Gasteiger charge is -2.16. The highest BCUT2D eigenvalue weighted by molar-refractivity contribution is 7.92. The average Bonchev–Trinajstić information content (AvgIpc) is 3.22. The lowest BCUT2D eigenvalue weighted by atomic mass is 10.2. The molecular weight excluding hydrogens is 528 g/mol. The Hall–Kier alpha value is -3.39. The van der Waals surface area contributed by atoms with Gasteiger partial charge in [-0.25, -0.2) is 27.2 Å². The van der Waals surface area contributed by atoms with Crippen LogP contribution < -0.4 is 10.0 Å². The predicted molar refractivity (Wildman–Crippen MR) is 137 cm³/mol. The van der Waals surface area contributed by atoms with Gasteiger partial charge < -0.3 is 15.3 Å². The molecule has 0 spiro atoms. The van der Waals surface area contributed by atoms with Gasteiger partial charge in [0.1, 0.15) is 22.3 Å². The van der Waals surface area contributed by atoms with Crippen molar-refractivity contribution in [2.45, 2.75) is 11.8 Å². The van der Waals surface area contributed by atoms with E-state index in [9.17, 15) is 17.2 Å². The maximum Gasteiger partial charge on any atom is 0.264 e. The number of aryl methyl sites for hydroxylation is 1. The number of aliphatic hydroxyl groups is 1. The zero-order valence-corrected chi connectivity index (χ0v) is 21.5. The van der Waals surface area contributed by atoms with Crippen molar-refractivity contribution in [1.29, 1.82) is 0 Å². The molecule has 0 atom stereocenters. The number of aromatic nitrogens is 4. The second-order valence-electron chi connectivity index (χ2n) is 8.27. The fraction of sp³-hybridized carbons (Fsp3) is 0.261. The van der Waals surface area contributed by atoms with E-state index in [4.69, 9.17) is 16.7 Å². The van der Waals surface area contributed by atoms with Crippen LogP contribution in [0.25, 0.3) is 22.4 Å². The Labute approximate surface area is 216 Å². The smallest absolute Gasteiger partial charge is 0.264 e. The van der Waals surface area contributed by atoms with Gasteiger partial charge >= 0.3 is 0 Å². The Bertz CT molecular complexity index is 1550. The van der Waals surface area contributed by atoms with E-state index in [1.54, 1.807) is 6.07 Å². The molecular formula is C23H24ClF2N7O3S. The molecule has 0 aliphatic carbocycles. The molecule has 10 nitrogen and oxygen atoms in total. The summed E-state index contributed by atoms with van der Waals surface area (Å²) in [5.41, 5.74) is 1.65. The standard InChI is InChI=1S/C23H24ClF2N7O3S/c1-13-20-22(27-7-8-33(2)9-10-34)28-21(29-23(20)31-30-13)14-3-6-18(16(24)11-14)32-37(35,36)19-12-15(25)4-5-17(19)26/h3-6,11-12,32,34H,7-10H2,1-2H3,(H2,27,28,29,30,31). The van der Waals surface area contributed by atoms with Crippen LogP contribution in [-0.4, -0.2) is 71.9 Å². The molecule has 37 heavy (non-hydrogen) atoms. The van der Waals surface area contributed by atoms with Gasteiger partial charge in [-0.3, -0.25) is 9.82 Å². The van der Waals surface area contributed by atoms with E-state index in [-0.39, 0.29) is 23.1 Å². The molecule has 0 saturated heterocycles. The molecule has 4 aromatic rings. The normalized spacial score (nSPS) is 11.9. The number of hydrogen-bond acceptors (Lipinski definition) is 8. The zero-order valence-electron chi connectivity index (χ0n) is 19.9. The van der Waals surface area contributed by atoms with Gasteiger partial charge in [0.25, 0.3) is 10.0 Å². The topological polar surface area (TPSA) is 136 Å². The van der Waals surface area contributed by atoms with Gasteiger partial charge in [-0.15, -0.1) is 0 Å². The van der Waals surface area contributed by atoms with Gasteiger partial charge in [0, 0.05) is 30.9 Å². The van der Waals surface area contributed by atoms with Crippen molar-refractivity contribution in [2.75, 3.05) is 43.3 Å². The zero-order chi connectivity index (χ0) is 26.7. The summed E-state index contributed by atoms with van der Waals surface area (Å²) in [6.07, 6.45) is 0. The van der Waals surface area contributed by atoms with E-state index in [0.717, 1.165) is 23.2 Å². The fourth-order valence-electron chi connectivity index (χ4n) is 3.59. The Morgan fingerprint density at radius 2 is 1.92 bits per heavy atom. The molecule has 0 aliphatic heterocycles. The van der Waals surface area contributed by atoms with Crippen molar-refractivity contribution in [3.05, 3.63) is 58.7 Å². The van der Waals surface area contributed by atoms with Gasteiger partial charge in [-0.05, 0) is 50.4 Å². The molecule has 4 N–H and O–H groups in total. The molecule has 2 heterocycles. The van der Waals surface area contributed by atoms with Crippen molar-refractivity contribution < 1.29 is 22.3 Å². The minimum absolute atomic E-state index is 0.0000658. The van der Waals surface area contributed by atoms with E-state index in [1.165, 1.54) is 12.1 Å². The maximum atomic E-state index is 14.0. The first-order valence-corrected chi connectivity index (χ1v) is 13.0. The molecule has 0 amide bonds. The SMILES string of the molecule is Cc1[nH]nc2nc(-c3ccc(NS(=O)(=O)c4cc(F)ccc4F)c(Cl)c3)nc(NCCN(C)CCO)c12. The lowest BCUT2D eigenvalue weighted by molar-refractivity contribution is 0.225. The number of nitrogens with one attached hydrogen (secondary N) is 3. The quantitative estimate of drug-likeness (QED) is 0.235. The van der Waals surface area contributed by atoms with Crippen molar-refractivity contribution in [3.8, 4) is 11.4 Å². The van der Waals surface area contributed by atoms with Crippen molar-refractivity contribution in [3.63, 3.8) is 0 Å². The summed E-state index contributed by atoms with van der Waals surface area (Å²) in [6, 6.07) is 6.53. The number of hydrogen-bond donors (Lipinski definition) is 4. The molecule has 2 aromatic carbocycles. The first-order chi connectivity index (χ1) is 17.6. The number of sulfonamides is 1. The molecule has 0 bridgehead atoms. The van der Waals surface area contributed by atoms with E-state index < -0.39 is 26.6 Å². The van der Waals surface area contributed by atoms with Crippen molar-refractivity contribution >= 4 is 44.2 Å². The molecule has 0 unspecified atom stereocenters. The van der Waals surface area contributed by atoms with Crippen LogP contribution in [-0.2, 0) is 10.0 Å². The van der Waals surface area contributed by atoms with Crippen LogP contribution in [0.15, 0.2) is 41.3 Å². The number of rotatable bonds is 10. The van der Waals surface area contributed by atoms with Crippen LogP contribution in [0, 0.1) is 18.6 Å². The van der Waals surface area contributed by atoms with Crippen LogP contribution in [0.5, 0.6) is 0 Å². The molecule has 0 aliphatic rings. The summed E-state index contributed by atoms with van der Waals surface area (Å²) in [4.78, 5) is 10.2. The Balaban J connectivity index is 1.62. The van der Waals surface area contributed by atoms with Crippen LogP contribution in [0.2, 0.25) is 5.02 Å². The van der Waals surface area contributed by atoms with Crippen LogP contribution in [0.4, 0.5) is 20.3 Å². The third kappa shape index (κ3) is 5.96. The summed E-state index contributed by atoms with van der Waals surface area (Å²) in [5, 5.41) is 20.2. The highest BCUT2D eigenvalue weighted by Crippen LogP contribution is 2.32. The number of halogens is 3. The minimum Gasteiger partial charge on any atom is -0.395 e. The number of nitrogens with zero attached hydrogens (tertiary/aromatic N) is 4. The van der Waals surface area contributed by atoms with E-state index >= 15 is 0 Å². The van der Waals surface area contributed by atoms with Gasteiger partial charge in [-0.1, -0.05) is 11.6 Å². The second kappa shape index (κ2) is 10.9. The van der Waals surface area contributed by atoms with Gasteiger partial charge in [0.05, 0.1) is 22.7 Å². The molecule has 2 aromatic heterocycles. The monoisotopic (exact) mass is 551 g/mol. The highest BCUT2D eigenvalue weighted by atomic mass is 35.5. The van der Waals surface area contributed by atoms with Gasteiger partial charge in [-0.2, -0.15) is 5.10 Å². The van der Waals surface area contributed by atoms with E-state index in [1.807, 2.05) is 18.9 Å². The van der Waals surface area contributed by atoms with Gasteiger partial charge in [0.2, 0.25) is 0 Å². The lowest BCUT2D eigenvalue weighted by Crippen LogP contribution is -2.28. The molecule has 14 heteroatoms. The first-order valence-electron chi connectivity index (χ1n) is 11.1. The number of likely N-dealkylation sites (N-methyl/N-ethyl adjacent to an activating group) is 1. The number of aromatic amines is 1. The van der Waals surface area contributed by atoms with Crippen LogP contribution in [0.3, 0.4) is 0 Å². The predicted octanol–water partition coefficient (Wildman–Crippen LogP) is 3.40. The van der Waals surface area contributed by atoms with Crippen molar-refractivity contribution in [2.24, 2.45) is 0 Å². The fourth-order valence-corrected chi connectivity index (χ4v) is 5.05. The molecule has 0 radical (unpaired) electrons. The summed E-state index contributed by atoms with van der Waals surface area (Å²) in [6.45, 7) is 3.65. The number of benzene rings is 2. The summed E-state index contributed by atoms with van der Waals surface area (Å²) < 4.78 is 55.0. The molecule has 4 rings (SSSR count). The number of H-pyrrole nitrogens is 1. The third-order valence-corrected chi connectivity index (χ3v) is 7.21. The highest BCUT2D eigenvalue weighted by Gasteiger charge is 2.22. The maximum absolute atomic E-state index is 14.0. The average molecular weight is 552 g/mol. The number of anilines is 2. The third-order valence-electron chi connectivity index (χ3n) is 5.52. The molecule has 0 fully saturated rings.